The highest BCUT2D eigenvalue weighted by atomic mass is 32.2. The second-order valence-electron chi connectivity index (χ2n) is 5.40. The van der Waals surface area contributed by atoms with Gasteiger partial charge in [0, 0.05) is 6.42 Å². The van der Waals surface area contributed by atoms with Gasteiger partial charge in [0.05, 0.1) is 0 Å². The minimum absolute atomic E-state index is 0.303. The smallest absolute Gasteiger partial charge is 0.306 e. The quantitative estimate of drug-likeness (QED) is 0.380. The van der Waals surface area contributed by atoms with E-state index in [1.54, 1.807) is 0 Å². The van der Waals surface area contributed by atoms with Crippen molar-refractivity contribution in [2.75, 3.05) is 5.75 Å². The number of esters is 1. The molecule has 1 unspecified atom stereocenters. The Morgan fingerprint density at radius 3 is 2.21 bits per heavy atom. The summed E-state index contributed by atoms with van der Waals surface area (Å²) in [6.07, 6.45) is 4.72. The van der Waals surface area contributed by atoms with E-state index in [1.165, 1.54) is 19.8 Å². The molecule has 0 saturated heterocycles. The van der Waals surface area contributed by atoms with Gasteiger partial charge in [0.1, 0.15) is 11.9 Å². The Kier molecular flexibility index (Phi) is 9.01. The summed E-state index contributed by atoms with van der Waals surface area (Å²) < 4.78 is 34.6. The zero-order valence-electron chi connectivity index (χ0n) is 12.1. The molecule has 19 heavy (non-hydrogen) atoms. The van der Waals surface area contributed by atoms with E-state index in [0.29, 0.717) is 12.3 Å². The Hall–Kier alpha value is -0.620. The standard InChI is InChI=1S/C13H26O5S/c1-11(2)8-6-4-5-7-9-13(14)18-12(3)10-19(15,16)17/h11-12H,4-10H2,1-3H3,(H,15,16,17). The van der Waals surface area contributed by atoms with E-state index in [-0.39, 0.29) is 0 Å². The van der Waals surface area contributed by atoms with Crippen molar-refractivity contribution >= 4 is 16.1 Å². The van der Waals surface area contributed by atoms with E-state index in [1.807, 2.05) is 0 Å². The van der Waals surface area contributed by atoms with Gasteiger partial charge in [-0.1, -0.05) is 39.5 Å². The van der Waals surface area contributed by atoms with E-state index in [9.17, 15) is 13.2 Å². The summed E-state index contributed by atoms with van der Waals surface area (Å²) in [4.78, 5) is 11.4. The summed E-state index contributed by atoms with van der Waals surface area (Å²) in [5, 5.41) is 0. The van der Waals surface area contributed by atoms with Gasteiger partial charge in [0.15, 0.2) is 0 Å². The Labute approximate surface area is 116 Å². The van der Waals surface area contributed by atoms with E-state index in [0.717, 1.165) is 19.3 Å². The van der Waals surface area contributed by atoms with Crippen molar-refractivity contribution in [2.24, 2.45) is 5.92 Å². The van der Waals surface area contributed by atoms with Crippen LogP contribution in [-0.4, -0.2) is 30.8 Å². The molecule has 0 bridgehead atoms. The summed E-state index contributed by atoms with van der Waals surface area (Å²) in [5.74, 6) is -0.237. The van der Waals surface area contributed by atoms with Crippen LogP contribution in [-0.2, 0) is 19.6 Å². The number of carbonyl (C=O) groups excluding carboxylic acids is 1. The molecule has 0 aliphatic heterocycles. The minimum Gasteiger partial charge on any atom is -0.461 e. The zero-order valence-corrected chi connectivity index (χ0v) is 12.9. The van der Waals surface area contributed by atoms with Gasteiger partial charge >= 0.3 is 5.97 Å². The SMILES string of the molecule is CC(C)CCCCCCC(=O)OC(C)CS(=O)(=O)O. The molecule has 1 N–H and O–H groups in total. The Bertz CT molecular complexity index is 348. The first-order valence-corrected chi connectivity index (χ1v) is 8.46. The zero-order chi connectivity index (χ0) is 14.9. The van der Waals surface area contributed by atoms with Gasteiger partial charge in [-0.25, -0.2) is 0 Å². The van der Waals surface area contributed by atoms with Crippen molar-refractivity contribution < 1.29 is 22.5 Å². The normalized spacial score (nSPS) is 13.5. The third-order valence-electron chi connectivity index (χ3n) is 2.69. The van der Waals surface area contributed by atoms with Crippen LogP contribution in [0.15, 0.2) is 0 Å². The first kappa shape index (κ1) is 18.4. The molecular formula is C13H26O5S. The van der Waals surface area contributed by atoms with E-state index in [2.05, 4.69) is 13.8 Å². The maximum Gasteiger partial charge on any atom is 0.306 e. The van der Waals surface area contributed by atoms with Gasteiger partial charge in [-0.05, 0) is 19.3 Å². The maximum atomic E-state index is 11.4. The third kappa shape index (κ3) is 13.6. The number of unbranched alkanes of at least 4 members (excludes halogenated alkanes) is 3. The molecule has 0 radical (unpaired) electrons. The lowest BCUT2D eigenvalue weighted by Crippen LogP contribution is -2.23. The van der Waals surface area contributed by atoms with Crippen molar-refractivity contribution in [1.29, 1.82) is 0 Å². The predicted molar refractivity (Wildman–Crippen MR) is 74.5 cm³/mol. The van der Waals surface area contributed by atoms with Crippen molar-refractivity contribution in [3.05, 3.63) is 0 Å². The van der Waals surface area contributed by atoms with Crippen molar-refractivity contribution in [3.63, 3.8) is 0 Å². The van der Waals surface area contributed by atoms with E-state index >= 15 is 0 Å². The topological polar surface area (TPSA) is 80.7 Å². The molecule has 0 saturated carbocycles. The maximum absolute atomic E-state index is 11.4. The summed E-state index contributed by atoms with van der Waals surface area (Å²) >= 11 is 0. The molecule has 0 aromatic rings. The number of rotatable bonds is 10. The molecule has 0 aliphatic rings. The Balaban J connectivity index is 3.59. The monoisotopic (exact) mass is 294 g/mol. The molecule has 0 aliphatic carbocycles. The van der Waals surface area contributed by atoms with Crippen LogP contribution in [0.25, 0.3) is 0 Å². The van der Waals surface area contributed by atoms with Crippen molar-refractivity contribution in [2.45, 2.75) is 65.4 Å². The lowest BCUT2D eigenvalue weighted by molar-refractivity contribution is -0.147. The second-order valence-corrected chi connectivity index (χ2v) is 6.89. The summed E-state index contributed by atoms with van der Waals surface area (Å²) in [7, 11) is -4.09. The fourth-order valence-electron chi connectivity index (χ4n) is 1.79. The fourth-order valence-corrected chi connectivity index (χ4v) is 2.45. The molecule has 0 rings (SSSR count). The second kappa shape index (κ2) is 9.31. The third-order valence-corrected chi connectivity index (χ3v) is 3.58. The van der Waals surface area contributed by atoms with Crippen LogP contribution in [0.5, 0.6) is 0 Å². The molecule has 0 heterocycles. The molecule has 0 fully saturated rings. The molecule has 6 heteroatoms. The van der Waals surface area contributed by atoms with Crippen LogP contribution in [0.2, 0.25) is 0 Å². The van der Waals surface area contributed by atoms with Crippen LogP contribution < -0.4 is 0 Å². The lowest BCUT2D eigenvalue weighted by Gasteiger charge is -2.11. The average molecular weight is 294 g/mol. The van der Waals surface area contributed by atoms with Crippen LogP contribution in [0, 0.1) is 5.92 Å². The Morgan fingerprint density at radius 2 is 1.68 bits per heavy atom. The van der Waals surface area contributed by atoms with Crippen LogP contribution >= 0.6 is 0 Å². The van der Waals surface area contributed by atoms with Crippen LogP contribution in [0.3, 0.4) is 0 Å². The molecular weight excluding hydrogens is 268 g/mol. The fraction of sp³-hybridized carbons (Fsp3) is 0.923. The molecule has 1 atom stereocenters. The summed E-state index contributed by atoms with van der Waals surface area (Å²) in [6.45, 7) is 5.83. The van der Waals surface area contributed by atoms with Gasteiger partial charge in [-0.3, -0.25) is 9.35 Å². The first-order chi connectivity index (χ1) is 8.70. The van der Waals surface area contributed by atoms with Gasteiger partial charge in [-0.2, -0.15) is 8.42 Å². The molecule has 114 valence electrons. The van der Waals surface area contributed by atoms with Gasteiger partial charge in [-0.15, -0.1) is 0 Å². The highest BCUT2D eigenvalue weighted by Crippen LogP contribution is 2.11. The highest BCUT2D eigenvalue weighted by molar-refractivity contribution is 7.85. The highest BCUT2D eigenvalue weighted by Gasteiger charge is 2.16. The van der Waals surface area contributed by atoms with Crippen molar-refractivity contribution in [1.82, 2.24) is 0 Å². The van der Waals surface area contributed by atoms with Gasteiger partial charge < -0.3 is 4.74 Å². The van der Waals surface area contributed by atoms with Gasteiger partial charge in [0.2, 0.25) is 0 Å². The number of carbonyl (C=O) groups is 1. The summed E-state index contributed by atoms with van der Waals surface area (Å²) in [6, 6.07) is 0. The van der Waals surface area contributed by atoms with Crippen LogP contribution in [0.1, 0.15) is 59.3 Å². The van der Waals surface area contributed by atoms with E-state index < -0.39 is 27.9 Å². The first-order valence-electron chi connectivity index (χ1n) is 6.85. The number of ether oxygens (including phenoxy) is 1. The van der Waals surface area contributed by atoms with Gasteiger partial charge in [0.25, 0.3) is 10.1 Å². The molecule has 0 aromatic heterocycles. The number of hydrogen-bond acceptors (Lipinski definition) is 4. The molecule has 0 amide bonds. The Morgan fingerprint density at radius 1 is 1.11 bits per heavy atom. The van der Waals surface area contributed by atoms with Crippen LogP contribution in [0.4, 0.5) is 0 Å². The number of hydrogen-bond donors (Lipinski definition) is 1. The van der Waals surface area contributed by atoms with Crippen molar-refractivity contribution in [3.8, 4) is 0 Å². The molecule has 0 spiro atoms. The minimum atomic E-state index is -4.09. The molecule has 5 nitrogen and oxygen atoms in total. The molecule has 0 aromatic carbocycles. The summed E-state index contributed by atoms with van der Waals surface area (Å²) in [5.41, 5.74) is 0. The lowest BCUT2D eigenvalue weighted by atomic mass is 10.0. The van der Waals surface area contributed by atoms with E-state index in [4.69, 9.17) is 9.29 Å². The largest absolute Gasteiger partial charge is 0.461 e. The average Bonchev–Trinajstić information content (AvgIpc) is 2.19. The predicted octanol–water partition coefficient (Wildman–Crippen LogP) is 2.80.